The number of carbonyl (C=O) groups excluding carboxylic acids is 1. The summed E-state index contributed by atoms with van der Waals surface area (Å²) in [6, 6.07) is 0. The lowest BCUT2D eigenvalue weighted by Crippen LogP contribution is -2.24. The van der Waals surface area contributed by atoms with Crippen molar-refractivity contribution in [1.29, 1.82) is 0 Å². The maximum absolute atomic E-state index is 12.0. The number of carbonyl (C=O) groups is 1. The van der Waals surface area contributed by atoms with Crippen LogP contribution < -0.4 is 0 Å². The molecule has 0 saturated carbocycles. The summed E-state index contributed by atoms with van der Waals surface area (Å²) in [6.45, 7) is 6.12. The van der Waals surface area contributed by atoms with Gasteiger partial charge in [0.05, 0.1) is 18.0 Å². The number of ether oxygens (including phenoxy) is 2. The third-order valence-corrected chi connectivity index (χ3v) is 4.81. The number of allylic oxidation sites excluding steroid dienone is 2. The number of ketones is 1. The van der Waals surface area contributed by atoms with Crippen molar-refractivity contribution in [3.63, 3.8) is 0 Å². The number of Topliss-reactive ketones (excluding diaryl/α,β-unsaturated/α-hetero) is 1. The van der Waals surface area contributed by atoms with E-state index in [1.165, 1.54) is 19.3 Å². The van der Waals surface area contributed by atoms with Crippen molar-refractivity contribution in [1.82, 2.24) is 0 Å². The van der Waals surface area contributed by atoms with E-state index in [0.717, 1.165) is 25.7 Å². The lowest BCUT2D eigenvalue weighted by molar-refractivity contribution is -0.147. The summed E-state index contributed by atoms with van der Waals surface area (Å²) in [4.78, 5) is 12.0. The summed E-state index contributed by atoms with van der Waals surface area (Å²) in [5, 5.41) is 9.97. The maximum Gasteiger partial charge on any atom is 0.163 e. The molecule has 1 fully saturated rings. The molecule has 2 rings (SSSR count). The van der Waals surface area contributed by atoms with Crippen LogP contribution in [0.4, 0.5) is 0 Å². The molecule has 4 nitrogen and oxygen atoms in total. The van der Waals surface area contributed by atoms with Crippen LogP contribution in [0.3, 0.4) is 0 Å². The Morgan fingerprint density at radius 1 is 1.09 bits per heavy atom. The fourth-order valence-electron chi connectivity index (χ4n) is 3.62. The van der Waals surface area contributed by atoms with E-state index in [9.17, 15) is 9.90 Å². The van der Waals surface area contributed by atoms with Gasteiger partial charge in [-0.3, -0.25) is 4.79 Å². The third-order valence-electron chi connectivity index (χ3n) is 4.81. The minimum atomic E-state index is -0.549. The smallest absolute Gasteiger partial charge is 0.163 e. The first-order valence-corrected chi connectivity index (χ1v) is 9.22. The van der Waals surface area contributed by atoms with Crippen molar-refractivity contribution in [2.45, 2.75) is 103 Å². The fourth-order valence-corrected chi connectivity index (χ4v) is 3.62. The molecule has 0 spiro atoms. The van der Waals surface area contributed by atoms with Crippen LogP contribution in [0.25, 0.3) is 0 Å². The van der Waals surface area contributed by atoms with E-state index in [2.05, 4.69) is 6.92 Å². The number of aliphatic hydroxyl groups is 1. The van der Waals surface area contributed by atoms with E-state index in [4.69, 9.17) is 9.47 Å². The van der Waals surface area contributed by atoms with Gasteiger partial charge in [-0.1, -0.05) is 32.6 Å². The minimum absolute atomic E-state index is 0.0154. The van der Waals surface area contributed by atoms with Gasteiger partial charge in [-0.05, 0) is 39.5 Å². The van der Waals surface area contributed by atoms with Crippen LogP contribution in [0.5, 0.6) is 0 Å². The predicted octanol–water partition coefficient (Wildman–Crippen LogP) is 4.82. The molecule has 0 bridgehead atoms. The van der Waals surface area contributed by atoms with Gasteiger partial charge in [-0.2, -0.15) is 0 Å². The average molecular weight is 324 g/mol. The van der Waals surface area contributed by atoms with E-state index in [1.54, 1.807) is 0 Å². The van der Waals surface area contributed by atoms with Gasteiger partial charge in [-0.25, -0.2) is 0 Å². The lowest BCUT2D eigenvalue weighted by Gasteiger charge is -2.19. The minimum Gasteiger partial charge on any atom is -0.512 e. The molecule has 0 radical (unpaired) electrons. The molecule has 0 aromatic carbocycles. The van der Waals surface area contributed by atoms with E-state index in [-0.39, 0.29) is 18.0 Å². The zero-order valence-corrected chi connectivity index (χ0v) is 14.9. The van der Waals surface area contributed by atoms with Crippen molar-refractivity contribution in [2.75, 3.05) is 0 Å². The van der Waals surface area contributed by atoms with E-state index in [1.807, 2.05) is 13.8 Å². The Labute approximate surface area is 140 Å². The molecule has 1 aliphatic carbocycles. The quantitative estimate of drug-likeness (QED) is 0.650. The summed E-state index contributed by atoms with van der Waals surface area (Å²) >= 11 is 0. The number of aliphatic hydroxyl groups excluding tert-OH is 1. The first-order chi connectivity index (χ1) is 10.9. The molecular weight excluding hydrogens is 292 g/mol. The van der Waals surface area contributed by atoms with Crippen molar-refractivity contribution in [2.24, 2.45) is 0 Å². The fraction of sp³-hybridized carbons (Fsp3) is 0.842. The summed E-state index contributed by atoms with van der Waals surface area (Å²) in [6.07, 6.45) is 9.30. The second-order valence-electron chi connectivity index (χ2n) is 7.30. The molecule has 4 heteroatoms. The Hall–Kier alpha value is -0.870. The van der Waals surface area contributed by atoms with Gasteiger partial charge in [0.1, 0.15) is 0 Å². The topological polar surface area (TPSA) is 55.8 Å². The normalized spacial score (nSPS) is 27.7. The highest BCUT2D eigenvalue weighted by atomic mass is 16.7. The molecule has 1 saturated heterocycles. The van der Waals surface area contributed by atoms with Crippen LogP contribution in [-0.2, 0) is 14.3 Å². The molecule has 1 aliphatic heterocycles. The number of hydrogen-bond acceptors (Lipinski definition) is 4. The summed E-state index contributed by atoms with van der Waals surface area (Å²) in [5.41, 5.74) is 0.620. The van der Waals surface area contributed by atoms with Crippen molar-refractivity contribution in [3.8, 4) is 0 Å². The number of rotatable bonds is 8. The molecule has 1 heterocycles. The van der Waals surface area contributed by atoms with Crippen LogP contribution >= 0.6 is 0 Å². The maximum atomic E-state index is 12.0. The van der Waals surface area contributed by atoms with Crippen LogP contribution in [0.15, 0.2) is 11.3 Å². The number of hydrogen-bond donors (Lipinski definition) is 1. The molecule has 132 valence electrons. The molecule has 0 aromatic rings. The highest BCUT2D eigenvalue weighted by Crippen LogP contribution is 2.35. The van der Waals surface area contributed by atoms with Gasteiger partial charge in [0.2, 0.25) is 0 Å². The predicted molar refractivity (Wildman–Crippen MR) is 90.3 cm³/mol. The lowest BCUT2D eigenvalue weighted by atomic mass is 9.91. The first-order valence-electron chi connectivity index (χ1n) is 9.22. The zero-order valence-electron chi connectivity index (χ0n) is 14.9. The zero-order chi connectivity index (χ0) is 16.9. The Balaban J connectivity index is 1.89. The van der Waals surface area contributed by atoms with Crippen molar-refractivity contribution < 1.29 is 19.4 Å². The second-order valence-corrected chi connectivity index (χ2v) is 7.30. The highest BCUT2D eigenvalue weighted by molar-refractivity contribution is 5.96. The van der Waals surface area contributed by atoms with Crippen molar-refractivity contribution in [3.05, 3.63) is 11.3 Å². The second kappa shape index (κ2) is 8.29. The standard InChI is InChI=1S/C19H32O4/c1-4-5-6-7-11-17-18(23-19(2,3)22-17)13-12-14-15(20)9-8-10-16(14)21/h17-18,20H,4-13H2,1-3H3/t17-,18-/m0/s1. The Morgan fingerprint density at radius 3 is 2.43 bits per heavy atom. The molecule has 0 amide bonds. The summed E-state index contributed by atoms with van der Waals surface area (Å²) in [7, 11) is 0. The largest absolute Gasteiger partial charge is 0.512 e. The van der Waals surface area contributed by atoms with Crippen LogP contribution in [0.2, 0.25) is 0 Å². The van der Waals surface area contributed by atoms with Crippen LogP contribution in [0.1, 0.15) is 85.0 Å². The monoisotopic (exact) mass is 324 g/mol. The molecular formula is C19H32O4. The Kier molecular flexibility index (Phi) is 6.66. The van der Waals surface area contributed by atoms with Crippen molar-refractivity contribution >= 4 is 5.78 Å². The van der Waals surface area contributed by atoms with Gasteiger partial charge in [0.15, 0.2) is 11.6 Å². The van der Waals surface area contributed by atoms with Gasteiger partial charge in [0.25, 0.3) is 0 Å². The molecule has 2 atom stereocenters. The van der Waals surface area contributed by atoms with E-state index < -0.39 is 5.79 Å². The third kappa shape index (κ3) is 5.32. The Morgan fingerprint density at radius 2 is 1.78 bits per heavy atom. The summed E-state index contributed by atoms with van der Waals surface area (Å²) < 4.78 is 12.1. The highest BCUT2D eigenvalue weighted by Gasteiger charge is 2.40. The number of unbranched alkanes of at least 4 members (excludes halogenated alkanes) is 3. The van der Waals surface area contributed by atoms with Gasteiger partial charge < -0.3 is 14.6 Å². The molecule has 0 unspecified atom stereocenters. The first kappa shape index (κ1) is 18.5. The molecule has 0 aromatic heterocycles. The van der Waals surface area contributed by atoms with Gasteiger partial charge in [0, 0.05) is 18.4 Å². The van der Waals surface area contributed by atoms with E-state index in [0.29, 0.717) is 30.6 Å². The van der Waals surface area contributed by atoms with Gasteiger partial charge >= 0.3 is 0 Å². The van der Waals surface area contributed by atoms with Gasteiger partial charge in [-0.15, -0.1) is 0 Å². The summed E-state index contributed by atoms with van der Waals surface area (Å²) in [5.74, 6) is -0.155. The molecule has 2 aliphatic rings. The van der Waals surface area contributed by atoms with Crippen LogP contribution in [0, 0.1) is 0 Å². The molecule has 23 heavy (non-hydrogen) atoms. The average Bonchev–Trinajstić information content (AvgIpc) is 2.77. The van der Waals surface area contributed by atoms with E-state index >= 15 is 0 Å². The SMILES string of the molecule is CCCCCC[C@@H]1OC(C)(C)O[C@H]1CCC1=C(O)CCCC1=O. The Bertz CT molecular complexity index is 439. The molecule has 1 N–H and O–H groups in total. The van der Waals surface area contributed by atoms with Crippen LogP contribution in [-0.4, -0.2) is 28.9 Å².